The largest absolute Gasteiger partial charge is 0.366 e. The van der Waals surface area contributed by atoms with Crippen molar-refractivity contribution in [1.82, 2.24) is 10.2 Å². The van der Waals surface area contributed by atoms with E-state index in [9.17, 15) is 9.18 Å². The molecule has 1 amide bonds. The summed E-state index contributed by atoms with van der Waals surface area (Å²) in [5.74, 6) is -0.226. The Morgan fingerprint density at radius 3 is 2.85 bits per heavy atom. The zero-order chi connectivity index (χ0) is 17.8. The molecule has 7 heteroatoms. The van der Waals surface area contributed by atoms with Crippen molar-refractivity contribution < 1.29 is 13.9 Å². The minimum Gasteiger partial charge on any atom is -0.366 e. The van der Waals surface area contributed by atoms with Crippen LogP contribution in [0.5, 0.6) is 0 Å². The lowest BCUT2D eigenvalue weighted by Crippen LogP contribution is -2.50. The van der Waals surface area contributed by atoms with E-state index in [4.69, 9.17) is 4.74 Å². The predicted molar refractivity (Wildman–Crippen MR) is 105 cm³/mol. The molecule has 1 aliphatic rings. The van der Waals surface area contributed by atoms with Gasteiger partial charge in [-0.15, -0.1) is 23.7 Å². The second kappa shape index (κ2) is 9.46. The predicted octanol–water partition coefficient (Wildman–Crippen LogP) is 3.70. The number of carbonyl (C=O) groups is 1. The Kier molecular flexibility index (Phi) is 7.58. The third kappa shape index (κ3) is 5.04. The normalized spacial score (nSPS) is 17.0. The highest BCUT2D eigenvalue weighted by molar-refractivity contribution is 7.15. The Morgan fingerprint density at radius 2 is 2.19 bits per heavy atom. The number of amides is 1. The van der Waals surface area contributed by atoms with E-state index in [1.54, 1.807) is 17.4 Å². The van der Waals surface area contributed by atoms with Gasteiger partial charge in [-0.1, -0.05) is 12.1 Å². The van der Waals surface area contributed by atoms with Crippen LogP contribution in [0.1, 0.15) is 18.7 Å². The molecule has 2 aromatic rings. The Morgan fingerprint density at radius 1 is 1.38 bits per heavy atom. The first-order chi connectivity index (χ1) is 12.0. The molecule has 0 bridgehead atoms. The second-order valence-electron chi connectivity index (χ2n) is 6.40. The first-order valence-electron chi connectivity index (χ1n) is 8.52. The highest BCUT2D eigenvalue weighted by Gasteiger charge is 2.28. The average Bonchev–Trinajstić information content (AvgIpc) is 3.08. The fourth-order valence-corrected chi connectivity index (χ4v) is 3.85. The van der Waals surface area contributed by atoms with Crippen molar-refractivity contribution in [2.24, 2.45) is 0 Å². The fourth-order valence-electron chi connectivity index (χ4n) is 2.85. The third-order valence-electron chi connectivity index (χ3n) is 4.21. The van der Waals surface area contributed by atoms with E-state index in [0.29, 0.717) is 19.7 Å². The van der Waals surface area contributed by atoms with Gasteiger partial charge in [-0.05, 0) is 43.7 Å². The smallest absolute Gasteiger partial charge is 0.253 e. The van der Waals surface area contributed by atoms with Crippen molar-refractivity contribution >= 4 is 29.7 Å². The van der Waals surface area contributed by atoms with E-state index in [-0.39, 0.29) is 30.2 Å². The first kappa shape index (κ1) is 20.8. The molecular weight excluding hydrogens is 375 g/mol. The fraction of sp³-hybridized carbons (Fsp3) is 0.421. The maximum Gasteiger partial charge on any atom is 0.253 e. The number of nitrogens with zero attached hydrogens (tertiary/aromatic N) is 1. The molecule has 1 aliphatic heterocycles. The van der Waals surface area contributed by atoms with Gasteiger partial charge in [0.05, 0.1) is 13.2 Å². The topological polar surface area (TPSA) is 41.6 Å². The van der Waals surface area contributed by atoms with Crippen molar-refractivity contribution in [2.75, 3.05) is 19.7 Å². The summed E-state index contributed by atoms with van der Waals surface area (Å²) in [6.45, 7) is 6.46. The van der Waals surface area contributed by atoms with Crippen LogP contribution in [-0.2, 0) is 16.1 Å². The number of ether oxygens (including phenoxy) is 1. The van der Waals surface area contributed by atoms with Gasteiger partial charge in [-0.2, -0.15) is 0 Å². The molecule has 1 aromatic heterocycles. The van der Waals surface area contributed by atoms with Crippen LogP contribution >= 0.6 is 23.7 Å². The van der Waals surface area contributed by atoms with Crippen LogP contribution in [0.15, 0.2) is 36.4 Å². The van der Waals surface area contributed by atoms with Gasteiger partial charge in [0.15, 0.2) is 0 Å². The molecule has 1 aromatic carbocycles. The van der Waals surface area contributed by atoms with Crippen LogP contribution in [0.3, 0.4) is 0 Å². The molecule has 0 saturated carbocycles. The van der Waals surface area contributed by atoms with Crippen molar-refractivity contribution in [1.29, 1.82) is 0 Å². The zero-order valence-electron chi connectivity index (χ0n) is 14.9. The van der Waals surface area contributed by atoms with Gasteiger partial charge < -0.3 is 15.0 Å². The molecule has 1 fully saturated rings. The number of hydrogen-bond donors (Lipinski definition) is 1. The summed E-state index contributed by atoms with van der Waals surface area (Å²) >= 11 is 1.59. The van der Waals surface area contributed by atoms with Crippen LogP contribution in [0.25, 0.3) is 10.4 Å². The Labute approximate surface area is 163 Å². The van der Waals surface area contributed by atoms with Crippen LogP contribution in [0, 0.1) is 5.82 Å². The maximum absolute atomic E-state index is 13.4. The summed E-state index contributed by atoms with van der Waals surface area (Å²) in [4.78, 5) is 16.7. The summed E-state index contributed by atoms with van der Waals surface area (Å²) in [6, 6.07) is 10.6. The van der Waals surface area contributed by atoms with Crippen molar-refractivity contribution in [2.45, 2.75) is 32.5 Å². The van der Waals surface area contributed by atoms with E-state index in [0.717, 1.165) is 21.9 Å². The zero-order valence-corrected chi connectivity index (χ0v) is 16.5. The van der Waals surface area contributed by atoms with E-state index in [1.165, 1.54) is 12.1 Å². The number of nitrogens with one attached hydrogen (secondary N) is 1. The first-order valence-corrected chi connectivity index (χ1v) is 9.33. The summed E-state index contributed by atoms with van der Waals surface area (Å²) in [5.41, 5.74) is 0.860. The molecule has 2 heterocycles. The van der Waals surface area contributed by atoms with Crippen molar-refractivity contribution in [3.63, 3.8) is 0 Å². The van der Waals surface area contributed by atoms with Crippen LogP contribution in [0.2, 0.25) is 0 Å². The minimum absolute atomic E-state index is 0. The van der Waals surface area contributed by atoms with Gasteiger partial charge in [-0.25, -0.2) is 4.39 Å². The number of rotatable bonds is 5. The van der Waals surface area contributed by atoms with Gasteiger partial charge >= 0.3 is 0 Å². The SMILES string of the molecule is CC(C)N(Cc1ccc(-c2cccc(F)c2)s1)C(=O)C1CNCCO1.Cl. The average molecular weight is 399 g/mol. The number of thiophene rings is 1. The van der Waals surface area contributed by atoms with E-state index >= 15 is 0 Å². The second-order valence-corrected chi connectivity index (χ2v) is 7.57. The molecule has 4 nitrogen and oxygen atoms in total. The lowest BCUT2D eigenvalue weighted by atomic mass is 10.2. The summed E-state index contributed by atoms with van der Waals surface area (Å²) in [5, 5.41) is 3.20. The molecule has 0 radical (unpaired) electrons. The standard InChI is InChI=1S/C19H23FN2O2S.ClH/c1-13(2)22(19(23)17-11-21-8-9-24-17)12-16-6-7-18(25-16)14-4-3-5-15(20)10-14;/h3-7,10,13,17,21H,8-9,11-12H2,1-2H3;1H. The Balaban J connectivity index is 0.00000243. The maximum atomic E-state index is 13.4. The molecule has 0 aliphatic carbocycles. The molecule has 1 atom stereocenters. The van der Waals surface area contributed by atoms with Gasteiger partial charge in [0, 0.05) is 28.9 Å². The third-order valence-corrected chi connectivity index (χ3v) is 5.33. The molecule has 1 saturated heterocycles. The van der Waals surface area contributed by atoms with Gasteiger partial charge in [0.25, 0.3) is 5.91 Å². The molecule has 0 spiro atoms. The van der Waals surface area contributed by atoms with Crippen LogP contribution in [0.4, 0.5) is 4.39 Å². The molecular formula is C19H24ClFN2O2S. The number of carbonyl (C=O) groups excluding carboxylic acids is 1. The summed E-state index contributed by atoms with van der Waals surface area (Å²) < 4.78 is 19.0. The lowest BCUT2D eigenvalue weighted by molar-refractivity contribution is -0.147. The number of halogens is 2. The molecule has 142 valence electrons. The van der Waals surface area contributed by atoms with E-state index in [1.807, 2.05) is 36.9 Å². The lowest BCUT2D eigenvalue weighted by Gasteiger charge is -2.32. The number of hydrogen-bond acceptors (Lipinski definition) is 4. The highest BCUT2D eigenvalue weighted by atomic mass is 35.5. The van der Waals surface area contributed by atoms with Crippen molar-refractivity contribution in [3.05, 3.63) is 47.1 Å². The molecule has 1 N–H and O–H groups in total. The monoisotopic (exact) mass is 398 g/mol. The quantitative estimate of drug-likeness (QED) is 0.834. The Bertz CT molecular complexity index is 732. The number of morpholine rings is 1. The molecule has 1 unspecified atom stereocenters. The van der Waals surface area contributed by atoms with Gasteiger partial charge in [0.2, 0.25) is 0 Å². The summed E-state index contributed by atoms with van der Waals surface area (Å²) in [7, 11) is 0. The summed E-state index contributed by atoms with van der Waals surface area (Å²) in [6.07, 6.45) is -0.418. The Hall–Kier alpha value is -1.47. The number of benzene rings is 1. The van der Waals surface area contributed by atoms with Crippen molar-refractivity contribution in [3.8, 4) is 10.4 Å². The van der Waals surface area contributed by atoms with E-state index < -0.39 is 6.10 Å². The van der Waals surface area contributed by atoms with Gasteiger partial charge in [-0.3, -0.25) is 4.79 Å². The van der Waals surface area contributed by atoms with E-state index in [2.05, 4.69) is 5.32 Å². The van der Waals surface area contributed by atoms with Crippen LogP contribution in [-0.4, -0.2) is 42.6 Å². The highest BCUT2D eigenvalue weighted by Crippen LogP contribution is 2.29. The van der Waals surface area contributed by atoms with Gasteiger partial charge in [0.1, 0.15) is 11.9 Å². The minimum atomic E-state index is -0.418. The van der Waals surface area contributed by atoms with Crippen LogP contribution < -0.4 is 5.32 Å². The molecule has 26 heavy (non-hydrogen) atoms. The molecule has 3 rings (SSSR count).